The van der Waals surface area contributed by atoms with Gasteiger partial charge in [0.1, 0.15) is 22.2 Å². The second-order valence-corrected chi connectivity index (χ2v) is 12.5. The fourth-order valence-electron chi connectivity index (χ4n) is 3.58. The van der Waals surface area contributed by atoms with Crippen LogP contribution in [0.2, 0.25) is 5.02 Å². The topological polar surface area (TPSA) is 198 Å². The van der Waals surface area contributed by atoms with Gasteiger partial charge in [-0.25, -0.2) is 4.79 Å². The van der Waals surface area contributed by atoms with Crippen LogP contribution in [0.5, 0.6) is 11.5 Å². The molecule has 0 fully saturated rings. The van der Waals surface area contributed by atoms with E-state index in [4.69, 9.17) is 36.8 Å². The van der Waals surface area contributed by atoms with Gasteiger partial charge in [-0.1, -0.05) is 29.8 Å². The van der Waals surface area contributed by atoms with Gasteiger partial charge in [0.2, 0.25) is 0 Å². The molecule has 0 unspecified atom stereocenters. The largest absolute Gasteiger partial charge is 0.494 e. The highest BCUT2D eigenvalue weighted by Gasteiger charge is 2.15. The van der Waals surface area contributed by atoms with Crippen LogP contribution in [0.4, 0.5) is 20.1 Å². The minimum Gasteiger partial charge on any atom is -0.494 e. The zero-order chi connectivity index (χ0) is 33.7. The second-order valence-electron chi connectivity index (χ2n) is 9.31. The first kappa shape index (κ1) is 35.8. The Labute approximate surface area is 270 Å². The Morgan fingerprint density at radius 2 is 1.35 bits per heavy atom. The molecule has 46 heavy (non-hydrogen) atoms. The van der Waals surface area contributed by atoms with E-state index in [1.807, 2.05) is 0 Å². The van der Waals surface area contributed by atoms with Crippen molar-refractivity contribution in [3.8, 4) is 11.5 Å². The number of hydrogen-bond donors (Lipinski definition) is 5. The van der Waals surface area contributed by atoms with E-state index in [1.165, 1.54) is 18.2 Å². The predicted molar refractivity (Wildman–Crippen MR) is 173 cm³/mol. The van der Waals surface area contributed by atoms with Crippen LogP contribution in [0.3, 0.4) is 0 Å². The van der Waals surface area contributed by atoms with Crippen molar-refractivity contribution >= 4 is 55.2 Å². The molecule has 0 bridgehead atoms. The molecule has 0 aromatic heterocycles. The predicted octanol–water partition coefficient (Wildman–Crippen LogP) is 6.10. The molecule has 6 N–H and O–H groups in total. The molecule has 4 aromatic carbocycles. The molecule has 0 aliphatic carbocycles. The molecule has 12 nitrogen and oxygen atoms in total. The van der Waals surface area contributed by atoms with Crippen LogP contribution in [0, 0.1) is 5.41 Å². The lowest BCUT2D eigenvalue weighted by Crippen LogP contribution is -2.19. The van der Waals surface area contributed by atoms with Crippen molar-refractivity contribution in [3.05, 3.63) is 108 Å². The number of hydrogen-bond acceptors (Lipinski definition) is 8. The summed E-state index contributed by atoms with van der Waals surface area (Å²) in [4.78, 5) is 11.5. The van der Waals surface area contributed by atoms with Crippen LogP contribution >= 0.6 is 11.6 Å². The van der Waals surface area contributed by atoms with Gasteiger partial charge in [0, 0.05) is 11.3 Å². The molecular weight excluding hydrogens is 663 g/mol. The van der Waals surface area contributed by atoms with Gasteiger partial charge < -0.3 is 25.8 Å². The van der Waals surface area contributed by atoms with E-state index in [1.54, 1.807) is 66.7 Å². The molecule has 2 amide bonds. The van der Waals surface area contributed by atoms with Gasteiger partial charge in [0.05, 0.1) is 28.8 Å². The Morgan fingerprint density at radius 1 is 0.804 bits per heavy atom. The van der Waals surface area contributed by atoms with E-state index in [0.717, 1.165) is 25.0 Å². The highest BCUT2D eigenvalue weighted by Crippen LogP contribution is 2.26. The maximum Gasteiger partial charge on any atom is 0.332 e. The van der Waals surface area contributed by atoms with Crippen LogP contribution in [0.25, 0.3) is 0 Å². The molecule has 0 spiro atoms. The Hall–Kier alpha value is -4.70. The molecule has 0 saturated carbocycles. The standard InChI is InChI=1S/C24H24ClFN4O5S.C6H6O3S/c25-21-15-20(36(26,32)33)11-12-22(21)30-24(31)29-17-5-9-19(10-6-17)35-14-2-1-13-34-18-7-3-16(4-8-18)23(27)28;7-10(8,9)6-4-2-1-3-5-6/h3-12,15H,1-2,13-14H2,(H3,27,28)(H2,29,30,31);1-5H,(H,7,8,9). The van der Waals surface area contributed by atoms with Gasteiger partial charge in [-0.05, 0) is 91.7 Å². The molecule has 0 aliphatic rings. The third kappa shape index (κ3) is 12.0. The third-order valence-corrected chi connectivity index (χ3v) is 7.86. The highest BCUT2D eigenvalue weighted by molar-refractivity contribution is 7.86. The van der Waals surface area contributed by atoms with Crippen LogP contribution in [-0.4, -0.2) is 46.5 Å². The molecular formula is C30H30ClFN4O8S2. The lowest BCUT2D eigenvalue weighted by molar-refractivity contribution is 0.262. The Morgan fingerprint density at radius 3 is 1.80 bits per heavy atom. The minimum atomic E-state index is -4.89. The number of nitrogen functional groups attached to an aromatic ring is 1. The van der Waals surface area contributed by atoms with E-state index in [0.29, 0.717) is 36.0 Å². The summed E-state index contributed by atoms with van der Waals surface area (Å²) in [6, 6.07) is 23.7. The van der Waals surface area contributed by atoms with Crippen molar-refractivity contribution in [2.24, 2.45) is 5.73 Å². The van der Waals surface area contributed by atoms with Crippen molar-refractivity contribution < 1.29 is 39.5 Å². The SMILES string of the molecule is N=C(N)c1ccc(OCCCCOc2ccc(NC(=O)Nc3ccc(S(=O)(=O)F)cc3Cl)cc2)cc1.O=S(=O)(O)c1ccccc1. The van der Waals surface area contributed by atoms with Crippen molar-refractivity contribution in [1.82, 2.24) is 0 Å². The summed E-state index contributed by atoms with van der Waals surface area (Å²) in [5, 5.41) is 12.3. The molecule has 0 atom stereocenters. The van der Waals surface area contributed by atoms with Gasteiger partial charge in [-0.2, -0.15) is 16.8 Å². The van der Waals surface area contributed by atoms with Crippen LogP contribution in [0.1, 0.15) is 18.4 Å². The summed E-state index contributed by atoms with van der Waals surface area (Å²) in [6.45, 7) is 1.01. The number of halogens is 2. The number of anilines is 2. The number of amides is 2. The third-order valence-electron chi connectivity index (χ3n) is 5.86. The molecule has 0 heterocycles. The van der Waals surface area contributed by atoms with Crippen LogP contribution < -0.4 is 25.8 Å². The Bertz CT molecular complexity index is 1840. The van der Waals surface area contributed by atoms with Crippen molar-refractivity contribution in [2.75, 3.05) is 23.8 Å². The van der Waals surface area contributed by atoms with Gasteiger partial charge >= 0.3 is 16.3 Å². The van der Waals surface area contributed by atoms with Gasteiger partial charge in [0.25, 0.3) is 10.1 Å². The maximum absolute atomic E-state index is 13.0. The summed E-state index contributed by atoms with van der Waals surface area (Å²) < 4.78 is 75.5. The van der Waals surface area contributed by atoms with Gasteiger partial charge in [-0.15, -0.1) is 3.89 Å². The van der Waals surface area contributed by atoms with Crippen LogP contribution in [-0.2, 0) is 20.3 Å². The second kappa shape index (κ2) is 16.6. The lowest BCUT2D eigenvalue weighted by atomic mass is 10.2. The fraction of sp³-hybridized carbons (Fsp3) is 0.133. The number of rotatable bonds is 12. The lowest BCUT2D eigenvalue weighted by Gasteiger charge is -2.11. The average molecular weight is 693 g/mol. The number of nitrogens with one attached hydrogen (secondary N) is 3. The Kier molecular flexibility index (Phi) is 12.9. The molecule has 0 saturated heterocycles. The molecule has 244 valence electrons. The number of benzene rings is 4. The summed E-state index contributed by atoms with van der Waals surface area (Å²) >= 11 is 5.92. The van der Waals surface area contributed by atoms with Crippen molar-refractivity contribution in [1.29, 1.82) is 5.41 Å². The molecule has 4 aromatic rings. The van der Waals surface area contributed by atoms with E-state index in [2.05, 4.69) is 10.6 Å². The summed E-state index contributed by atoms with van der Waals surface area (Å²) in [6.07, 6.45) is 1.56. The monoisotopic (exact) mass is 692 g/mol. The Balaban J connectivity index is 0.000000489. The smallest absolute Gasteiger partial charge is 0.332 e. The summed E-state index contributed by atoms with van der Waals surface area (Å²) in [5.41, 5.74) is 6.68. The van der Waals surface area contributed by atoms with E-state index in [9.17, 15) is 25.5 Å². The minimum absolute atomic E-state index is 0.0123. The van der Waals surface area contributed by atoms with Crippen molar-refractivity contribution in [3.63, 3.8) is 0 Å². The number of amidine groups is 1. The first-order valence-corrected chi connectivity index (χ1v) is 16.6. The maximum atomic E-state index is 13.0. The number of urea groups is 1. The first-order valence-electron chi connectivity index (χ1n) is 13.4. The van der Waals surface area contributed by atoms with Gasteiger partial charge in [0.15, 0.2) is 0 Å². The molecule has 0 radical (unpaired) electrons. The quantitative estimate of drug-likeness (QED) is 0.0383. The number of ether oxygens (including phenoxy) is 2. The van der Waals surface area contributed by atoms with Crippen molar-refractivity contribution in [2.45, 2.75) is 22.6 Å². The molecule has 4 rings (SSSR count). The van der Waals surface area contributed by atoms with Crippen LogP contribution in [0.15, 0.2) is 107 Å². The van der Waals surface area contributed by atoms with Gasteiger partial charge in [-0.3, -0.25) is 9.96 Å². The zero-order valence-corrected chi connectivity index (χ0v) is 26.4. The summed E-state index contributed by atoms with van der Waals surface area (Å²) in [5.74, 6) is 1.35. The number of nitrogens with two attached hydrogens (primary N) is 1. The molecule has 0 aliphatic heterocycles. The normalized spacial score (nSPS) is 11.0. The zero-order valence-electron chi connectivity index (χ0n) is 24.0. The van der Waals surface area contributed by atoms with E-state index >= 15 is 0 Å². The first-order chi connectivity index (χ1) is 21.7. The van der Waals surface area contributed by atoms with E-state index < -0.39 is 31.3 Å². The number of carbonyl (C=O) groups excluding carboxylic acids is 1. The average Bonchev–Trinajstić information content (AvgIpc) is 3.01. The number of unbranched alkanes of at least 4 members (excludes halogenated alkanes) is 1. The summed E-state index contributed by atoms with van der Waals surface area (Å²) in [7, 11) is -8.89. The molecule has 16 heteroatoms. The van der Waals surface area contributed by atoms with E-state index in [-0.39, 0.29) is 21.4 Å². The number of carbonyl (C=O) groups is 1. The fourth-order valence-corrected chi connectivity index (χ4v) is 4.86. The highest BCUT2D eigenvalue weighted by atomic mass is 35.5.